The van der Waals surface area contributed by atoms with Crippen molar-refractivity contribution < 1.29 is 14.3 Å². The van der Waals surface area contributed by atoms with Gasteiger partial charge in [-0.15, -0.1) is 0 Å². The molecule has 1 heterocycles. The number of alkyl carbamates (subject to hydrolysis) is 1. The van der Waals surface area contributed by atoms with E-state index in [-0.39, 0.29) is 12.5 Å². The van der Waals surface area contributed by atoms with Crippen LogP contribution in [0.2, 0.25) is 0 Å². The minimum absolute atomic E-state index is 0.0431. The Kier molecular flexibility index (Phi) is 8.29. The molecule has 0 spiro atoms. The number of rotatable bonds is 10. The van der Waals surface area contributed by atoms with Crippen molar-refractivity contribution in [1.82, 2.24) is 10.3 Å². The summed E-state index contributed by atoms with van der Waals surface area (Å²) in [5, 5.41) is 2.76. The summed E-state index contributed by atoms with van der Waals surface area (Å²) in [7, 11) is 0. The molecule has 2 N–H and O–H groups in total. The van der Waals surface area contributed by atoms with E-state index in [1.165, 1.54) is 0 Å². The summed E-state index contributed by atoms with van der Waals surface area (Å²) in [5.41, 5.74) is 2.95. The topological polar surface area (TPSA) is 74.4 Å². The Balaban J connectivity index is 1.37. The van der Waals surface area contributed by atoms with E-state index >= 15 is 0 Å². The first-order valence-electron chi connectivity index (χ1n) is 10.6. The lowest BCUT2D eigenvalue weighted by Crippen LogP contribution is -2.26. The van der Waals surface area contributed by atoms with Gasteiger partial charge in [-0.25, -0.2) is 4.79 Å². The fourth-order valence-corrected chi connectivity index (χ4v) is 3.23. The van der Waals surface area contributed by atoms with Crippen LogP contribution < -0.4 is 10.2 Å². The van der Waals surface area contributed by atoms with E-state index in [9.17, 15) is 9.59 Å². The van der Waals surface area contributed by atoms with Gasteiger partial charge in [-0.3, -0.25) is 9.69 Å². The van der Waals surface area contributed by atoms with Gasteiger partial charge >= 0.3 is 6.09 Å². The second-order valence-corrected chi connectivity index (χ2v) is 7.42. The quantitative estimate of drug-likeness (QED) is 0.428. The number of H-pyrrole nitrogens is 1. The molecule has 2 aromatic carbocycles. The minimum Gasteiger partial charge on any atom is -0.445 e. The highest BCUT2D eigenvalue weighted by Crippen LogP contribution is 2.25. The number of nitrogens with one attached hydrogen (secondary N) is 2. The van der Waals surface area contributed by atoms with Crippen molar-refractivity contribution >= 4 is 23.5 Å². The monoisotopic (exact) mass is 419 g/mol. The first-order valence-corrected chi connectivity index (χ1v) is 10.6. The Hall–Kier alpha value is -3.54. The molecule has 3 rings (SSSR count). The van der Waals surface area contributed by atoms with Gasteiger partial charge in [0.05, 0.1) is 5.69 Å². The number of anilines is 2. The SMILES string of the molecule is Cc1ccc(N(C(=O)CCCCCNC(=O)OCc2ccccc2)c2ccc[nH]2)cc1. The first-order chi connectivity index (χ1) is 15.1. The average molecular weight is 420 g/mol. The number of amides is 2. The fraction of sp³-hybridized carbons (Fsp3) is 0.280. The molecule has 3 aromatic rings. The number of benzene rings is 2. The molecule has 0 aliphatic rings. The molecule has 6 nitrogen and oxygen atoms in total. The van der Waals surface area contributed by atoms with Crippen LogP contribution in [0.25, 0.3) is 0 Å². The van der Waals surface area contributed by atoms with Crippen LogP contribution in [0.1, 0.15) is 36.8 Å². The third-order valence-corrected chi connectivity index (χ3v) is 4.91. The zero-order valence-electron chi connectivity index (χ0n) is 17.8. The summed E-state index contributed by atoms with van der Waals surface area (Å²) in [6.45, 7) is 2.81. The minimum atomic E-state index is -0.419. The van der Waals surface area contributed by atoms with Crippen molar-refractivity contribution in [2.75, 3.05) is 11.4 Å². The summed E-state index contributed by atoms with van der Waals surface area (Å²) in [5.74, 6) is 0.804. The summed E-state index contributed by atoms with van der Waals surface area (Å²) >= 11 is 0. The maximum atomic E-state index is 12.9. The third-order valence-electron chi connectivity index (χ3n) is 4.91. The summed E-state index contributed by atoms with van der Waals surface area (Å²) in [6, 6.07) is 21.3. The lowest BCUT2D eigenvalue weighted by Gasteiger charge is -2.21. The molecule has 0 saturated carbocycles. The Morgan fingerprint density at radius 2 is 1.71 bits per heavy atom. The van der Waals surface area contributed by atoms with E-state index in [1.54, 1.807) is 4.90 Å². The summed E-state index contributed by atoms with van der Waals surface area (Å²) in [6.07, 6.45) is 4.22. The number of hydrogen-bond acceptors (Lipinski definition) is 3. The third kappa shape index (κ3) is 7.03. The van der Waals surface area contributed by atoms with Crippen molar-refractivity contribution in [3.63, 3.8) is 0 Å². The molecular weight excluding hydrogens is 390 g/mol. The van der Waals surface area contributed by atoms with Crippen molar-refractivity contribution in [2.24, 2.45) is 0 Å². The van der Waals surface area contributed by atoms with Gasteiger partial charge in [-0.2, -0.15) is 0 Å². The van der Waals surface area contributed by atoms with Crippen molar-refractivity contribution in [3.8, 4) is 0 Å². The Morgan fingerprint density at radius 1 is 0.935 bits per heavy atom. The number of nitrogens with zero attached hydrogens (tertiary/aromatic N) is 1. The second kappa shape index (κ2) is 11.6. The van der Waals surface area contributed by atoms with Crippen LogP contribution in [0.4, 0.5) is 16.3 Å². The normalized spacial score (nSPS) is 10.5. The molecule has 0 unspecified atom stereocenters. The van der Waals surface area contributed by atoms with E-state index in [0.717, 1.165) is 41.9 Å². The number of carbonyl (C=O) groups is 2. The number of ether oxygens (including phenoxy) is 1. The van der Waals surface area contributed by atoms with Crippen molar-refractivity contribution in [1.29, 1.82) is 0 Å². The molecule has 0 radical (unpaired) electrons. The lowest BCUT2D eigenvalue weighted by molar-refractivity contribution is -0.118. The van der Waals surface area contributed by atoms with Gasteiger partial charge in [-0.1, -0.05) is 54.4 Å². The van der Waals surface area contributed by atoms with E-state index in [0.29, 0.717) is 13.0 Å². The van der Waals surface area contributed by atoms with Crippen LogP contribution in [-0.4, -0.2) is 23.5 Å². The zero-order valence-corrected chi connectivity index (χ0v) is 17.8. The zero-order chi connectivity index (χ0) is 21.9. The molecule has 162 valence electrons. The van der Waals surface area contributed by atoms with Crippen LogP contribution in [0, 0.1) is 6.92 Å². The van der Waals surface area contributed by atoms with Gasteiger partial charge in [0.15, 0.2) is 0 Å². The standard InChI is InChI=1S/C25H29N3O3/c1-20-13-15-22(16-14-20)28(23-11-8-18-26-23)24(29)12-6-3-7-17-27-25(30)31-19-21-9-4-2-5-10-21/h2,4-5,8-11,13-16,18,26H,3,6-7,12,17,19H2,1H3,(H,27,30). The van der Waals surface area contributed by atoms with Gasteiger partial charge in [0.1, 0.15) is 12.4 Å². The van der Waals surface area contributed by atoms with E-state index in [1.807, 2.05) is 79.9 Å². The first kappa shape index (κ1) is 22.2. The van der Waals surface area contributed by atoms with Crippen molar-refractivity contribution in [2.45, 2.75) is 39.2 Å². The van der Waals surface area contributed by atoms with E-state index < -0.39 is 6.09 Å². The molecule has 0 aliphatic carbocycles. The number of unbranched alkanes of at least 4 members (excludes halogenated alkanes) is 2. The highest BCUT2D eigenvalue weighted by Gasteiger charge is 2.18. The second-order valence-electron chi connectivity index (χ2n) is 7.42. The van der Waals surface area contributed by atoms with Gasteiger partial charge in [0.2, 0.25) is 5.91 Å². The summed E-state index contributed by atoms with van der Waals surface area (Å²) < 4.78 is 5.19. The maximum absolute atomic E-state index is 12.9. The maximum Gasteiger partial charge on any atom is 0.407 e. The predicted octanol–water partition coefficient (Wildman–Crippen LogP) is 5.47. The number of aromatic nitrogens is 1. The Labute approximate surface area is 183 Å². The lowest BCUT2D eigenvalue weighted by atomic mass is 10.1. The Bertz CT molecular complexity index is 938. The van der Waals surface area contributed by atoms with Crippen LogP contribution in [-0.2, 0) is 16.1 Å². The Morgan fingerprint density at radius 3 is 2.42 bits per heavy atom. The highest BCUT2D eigenvalue weighted by atomic mass is 16.5. The number of hydrogen-bond donors (Lipinski definition) is 2. The highest BCUT2D eigenvalue weighted by molar-refractivity contribution is 5.99. The van der Waals surface area contributed by atoms with Gasteiger partial charge < -0.3 is 15.0 Å². The van der Waals surface area contributed by atoms with Crippen LogP contribution in [0.3, 0.4) is 0 Å². The van der Waals surface area contributed by atoms with Crippen LogP contribution >= 0.6 is 0 Å². The largest absolute Gasteiger partial charge is 0.445 e. The number of carbonyl (C=O) groups excluding carboxylic acids is 2. The predicted molar refractivity (Wildman–Crippen MR) is 122 cm³/mol. The van der Waals surface area contributed by atoms with Gasteiger partial charge in [0, 0.05) is 19.2 Å². The molecule has 31 heavy (non-hydrogen) atoms. The van der Waals surface area contributed by atoms with E-state index in [2.05, 4.69) is 10.3 Å². The van der Waals surface area contributed by atoms with Crippen LogP contribution in [0.15, 0.2) is 72.9 Å². The molecule has 0 aliphatic heterocycles. The van der Waals surface area contributed by atoms with E-state index in [4.69, 9.17) is 4.74 Å². The van der Waals surface area contributed by atoms with Crippen molar-refractivity contribution in [3.05, 3.63) is 84.1 Å². The molecule has 0 atom stereocenters. The summed E-state index contributed by atoms with van der Waals surface area (Å²) in [4.78, 5) is 29.5. The molecule has 6 heteroatoms. The molecule has 1 aromatic heterocycles. The number of aromatic amines is 1. The smallest absolute Gasteiger partial charge is 0.407 e. The molecule has 0 saturated heterocycles. The molecule has 0 fully saturated rings. The average Bonchev–Trinajstić information content (AvgIpc) is 3.31. The van der Waals surface area contributed by atoms with Gasteiger partial charge in [-0.05, 0) is 49.6 Å². The fourth-order valence-electron chi connectivity index (χ4n) is 3.23. The van der Waals surface area contributed by atoms with Crippen LogP contribution in [0.5, 0.6) is 0 Å². The molecule has 0 bridgehead atoms. The van der Waals surface area contributed by atoms with Gasteiger partial charge in [0.25, 0.3) is 0 Å². The molecule has 2 amide bonds. The number of aryl methyl sites for hydroxylation is 1. The molecular formula is C25H29N3O3.